The first-order chi connectivity index (χ1) is 23.2. The van der Waals surface area contributed by atoms with Gasteiger partial charge in [-0.25, -0.2) is 4.79 Å². The molecule has 0 radical (unpaired) electrons. The van der Waals surface area contributed by atoms with Crippen LogP contribution in [-0.2, 0) is 57.2 Å². The molecule has 5 fully saturated rings. The van der Waals surface area contributed by atoms with E-state index in [4.69, 9.17) is 32.8 Å². The van der Waals surface area contributed by atoms with E-state index in [0.29, 0.717) is 5.56 Å². The molecule has 2 bridgehead atoms. The van der Waals surface area contributed by atoms with Gasteiger partial charge in [0, 0.05) is 67.3 Å². The number of furan rings is 1. The maximum absolute atomic E-state index is 13.7. The Morgan fingerprint density at radius 2 is 1.58 bits per heavy atom. The Morgan fingerprint density at radius 1 is 0.940 bits per heavy atom. The number of carbonyl (C=O) groups is 6. The SMILES string of the molecule is COC(=O)[C@@H](OC(C)=O)[C@H]1[C@@]2(C)C[C@]3(OC(C)=O)[C@H]([C@H]2OC(C)=O)[C@@H](OC(C)=O)[C@]2(O)[C@@H]4CC(=O)O[C@@H](c5ccoc5)[C@]4(C)[C@@H](O)C[C@@H]2[C@]13C. The summed E-state index contributed by atoms with van der Waals surface area (Å²) in [6.45, 7) is 9.61. The summed E-state index contributed by atoms with van der Waals surface area (Å²) in [5.74, 6) is -9.68. The molecule has 2 heterocycles. The van der Waals surface area contributed by atoms with E-state index in [2.05, 4.69) is 0 Å². The second-order valence-electron chi connectivity index (χ2n) is 15.3. The third-order valence-corrected chi connectivity index (χ3v) is 12.9. The monoisotopic (exact) mass is 704 g/mol. The van der Waals surface area contributed by atoms with Crippen LogP contribution in [0.4, 0.5) is 0 Å². The fraction of sp³-hybridized carbons (Fsp3) is 0.714. The Labute approximate surface area is 288 Å². The summed E-state index contributed by atoms with van der Waals surface area (Å²) in [5, 5.41) is 25.9. The van der Waals surface area contributed by atoms with Crippen LogP contribution >= 0.6 is 0 Å². The predicted octanol–water partition coefficient (Wildman–Crippen LogP) is 1.95. The van der Waals surface area contributed by atoms with Crippen molar-refractivity contribution in [2.24, 2.45) is 39.9 Å². The number of cyclic esters (lactones) is 1. The molecule has 50 heavy (non-hydrogen) atoms. The summed E-state index contributed by atoms with van der Waals surface area (Å²) >= 11 is 0. The van der Waals surface area contributed by atoms with Gasteiger partial charge in [0.15, 0.2) is 0 Å². The van der Waals surface area contributed by atoms with Gasteiger partial charge in [0.2, 0.25) is 6.10 Å². The number of methoxy groups -OCH3 is 1. The lowest BCUT2D eigenvalue weighted by molar-refractivity contribution is -0.369. The number of aliphatic hydroxyl groups is 2. The summed E-state index contributed by atoms with van der Waals surface area (Å²) in [6.07, 6.45) is -4.98. The topological polar surface area (TPSA) is 211 Å². The molecule has 0 aromatic carbocycles. The van der Waals surface area contributed by atoms with Gasteiger partial charge in [-0.3, -0.25) is 24.0 Å². The number of fused-ring (bicyclic) bond motifs is 5. The average Bonchev–Trinajstić information content (AvgIpc) is 3.67. The second kappa shape index (κ2) is 11.5. The molecule has 0 spiro atoms. The van der Waals surface area contributed by atoms with Crippen molar-refractivity contribution in [3.8, 4) is 0 Å². The van der Waals surface area contributed by atoms with Gasteiger partial charge in [-0.05, 0) is 18.9 Å². The third kappa shape index (κ3) is 4.47. The summed E-state index contributed by atoms with van der Waals surface area (Å²) in [7, 11) is 1.11. The van der Waals surface area contributed by atoms with Crippen LogP contribution in [0.5, 0.6) is 0 Å². The number of hydrogen-bond acceptors (Lipinski definition) is 15. The minimum Gasteiger partial charge on any atom is -0.472 e. The first-order valence-corrected chi connectivity index (χ1v) is 16.7. The van der Waals surface area contributed by atoms with E-state index in [1.54, 1.807) is 26.8 Å². The number of rotatable bonds is 7. The van der Waals surface area contributed by atoms with Crippen LogP contribution in [-0.4, -0.2) is 88.8 Å². The summed E-state index contributed by atoms with van der Waals surface area (Å²) in [5.41, 5.74) is -7.92. The second-order valence-corrected chi connectivity index (χ2v) is 15.3. The molecule has 1 aromatic rings. The highest BCUT2D eigenvalue weighted by atomic mass is 16.6. The molecule has 1 saturated heterocycles. The molecule has 4 aliphatic carbocycles. The molecule has 1 aromatic heterocycles. The summed E-state index contributed by atoms with van der Waals surface area (Å²) in [6, 6.07) is 1.58. The third-order valence-electron chi connectivity index (χ3n) is 12.9. The van der Waals surface area contributed by atoms with Crippen LogP contribution in [0.15, 0.2) is 23.0 Å². The van der Waals surface area contributed by atoms with Crippen molar-refractivity contribution in [1.82, 2.24) is 0 Å². The van der Waals surface area contributed by atoms with Gasteiger partial charge in [0.05, 0.1) is 38.1 Å². The van der Waals surface area contributed by atoms with Gasteiger partial charge < -0.3 is 43.1 Å². The van der Waals surface area contributed by atoms with Crippen molar-refractivity contribution in [2.45, 2.75) is 109 Å². The van der Waals surface area contributed by atoms with Crippen LogP contribution in [0.1, 0.15) is 79.4 Å². The van der Waals surface area contributed by atoms with Crippen molar-refractivity contribution in [3.05, 3.63) is 24.2 Å². The minimum atomic E-state index is -2.23. The molecule has 274 valence electrons. The largest absolute Gasteiger partial charge is 0.472 e. The standard InChI is InChI=1S/C35H44O15/c1-15(36)46-25(30(42)44-8)26-31(5)14-34(50-18(4)39)24(28(31)47-16(2)37)29(48-17(3)38)35(43)20-12-23(41)49-27(19-9-10-45-13-19)32(20,6)22(40)11-21(35)33(26,34)7/h9-10,13,20-22,24-29,40,43H,11-12,14H2,1-8H3/t20-,21-,22+,24-,25+,26+,27+,28-,29-,31-,32+,33-,34+,35+/m1/s1. The Kier molecular flexibility index (Phi) is 8.26. The van der Waals surface area contributed by atoms with Crippen molar-refractivity contribution < 1.29 is 71.8 Å². The smallest absolute Gasteiger partial charge is 0.347 e. The highest BCUT2D eigenvalue weighted by molar-refractivity contribution is 5.80. The number of hydrogen-bond donors (Lipinski definition) is 2. The Balaban J connectivity index is 1.70. The maximum Gasteiger partial charge on any atom is 0.347 e. The lowest BCUT2D eigenvalue weighted by atomic mass is 9.35. The lowest BCUT2D eigenvalue weighted by Crippen LogP contribution is -2.83. The quantitative estimate of drug-likeness (QED) is 0.307. The molecule has 5 aliphatic rings. The fourth-order valence-corrected chi connectivity index (χ4v) is 11.7. The molecule has 2 N–H and O–H groups in total. The van der Waals surface area contributed by atoms with Crippen LogP contribution in [0.2, 0.25) is 0 Å². The molecular formula is C35H44O15. The van der Waals surface area contributed by atoms with Gasteiger partial charge in [0.1, 0.15) is 29.5 Å². The molecule has 0 amide bonds. The van der Waals surface area contributed by atoms with E-state index in [1.807, 2.05) is 0 Å². The van der Waals surface area contributed by atoms with Gasteiger partial charge in [0.25, 0.3) is 0 Å². The van der Waals surface area contributed by atoms with E-state index in [9.17, 15) is 39.0 Å². The number of carbonyl (C=O) groups excluding carboxylic acids is 6. The molecular weight excluding hydrogens is 660 g/mol. The predicted molar refractivity (Wildman–Crippen MR) is 164 cm³/mol. The average molecular weight is 705 g/mol. The number of esters is 6. The minimum absolute atomic E-state index is 0.0832. The Bertz CT molecular complexity index is 1620. The van der Waals surface area contributed by atoms with Crippen LogP contribution in [0, 0.1) is 39.9 Å². The van der Waals surface area contributed by atoms with Crippen molar-refractivity contribution in [2.75, 3.05) is 7.11 Å². The molecule has 4 saturated carbocycles. The number of aliphatic hydroxyl groups excluding tert-OH is 1. The van der Waals surface area contributed by atoms with Crippen molar-refractivity contribution >= 4 is 35.8 Å². The van der Waals surface area contributed by atoms with Crippen LogP contribution in [0.25, 0.3) is 0 Å². The van der Waals surface area contributed by atoms with E-state index in [0.717, 1.165) is 27.9 Å². The molecule has 6 rings (SSSR count). The lowest BCUT2D eigenvalue weighted by Gasteiger charge is -2.73. The maximum atomic E-state index is 13.7. The van der Waals surface area contributed by atoms with Gasteiger partial charge >= 0.3 is 35.8 Å². The van der Waals surface area contributed by atoms with Gasteiger partial charge in [-0.1, -0.05) is 20.8 Å². The molecule has 1 aliphatic heterocycles. The number of ether oxygens (including phenoxy) is 6. The van der Waals surface area contributed by atoms with Crippen LogP contribution in [0.3, 0.4) is 0 Å². The first kappa shape index (κ1) is 35.8. The molecule has 0 unspecified atom stereocenters. The van der Waals surface area contributed by atoms with Crippen LogP contribution < -0.4 is 0 Å². The fourth-order valence-electron chi connectivity index (χ4n) is 11.7. The summed E-state index contributed by atoms with van der Waals surface area (Å²) in [4.78, 5) is 78.9. The van der Waals surface area contributed by atoms with E-state index >= 15 is 0 Å². The summed E-state index contributed by atoms with van der Waals surface area (Å²) < 4.78 is 40.4. The molecule has 15 heteroatoms. The molecule has 15 nitrogen and oxygen atoms in total. The van der Waals surface area contributed by atoms with Gasteiger partial charge in [-0.2, -0.15) is 0 Å². The Morgan fingerprint density at radius 3 is 2.12 bits per heavy atom. The zero-order valence-electron chi connectivity index (χ0n) is 29.3. The van der Waals surface area contributed by atoms with Crippen molar-refractivity contribution in [1.29, 1.82) is 0 Å². The zero-order chi connectivity index (χ0) is 36.9. The molecule has 14 atom stereocenters. The Hall–Kier alpha value is -3.98. The highest BCUT2D eigenvalue weighted by Crippen LogP contribution is 2.82. The zero-order valence-corrected chi connectivity index (χ0v) is 29.3. The first-order valence-electron chi connectivity index (χ1n) is 16.7. The van der Waals surface area contributed by atoms with E-state index in [-0.39, 0.29) is 12.8 Å². The van der Waals surface area contributed by atoms with Crippen molar-refractivity contribution in [3.63, 3.8) is 0 Å². The van der Waals surface area contributed by atoms with E-state index < -0.39 is 124 Å². The van der Waals surface area contributed by atoms with E-state index in [1.165, 1.54) is 19.5 Å². The van der Waals surface area contributed by atoms with Gasteiger partial charge in [-0.15, -0.1) is 0 Å². The highest BCUT2D eigenvalue weighted by Gasteiger charge is 2.92. The normalized spacial score (nSPS) is 44.5.